The van der Waals surface area contributed by atoms with Gasteiger partial charge in [-0.2, -0.15) is 8.42 Å². The summed E-state index contributed by atoms with van der Waals surface area (Å²) in [5, 5.41) is 2.55. The van der Waals surface area contributed by atoms with Gasteiger partial charge in [-0.3, -0.25) is 8.98 Å². The molecule has 0 rings (SSSR count). The normalized spacial score (nSPS) is 12.9. The van der Waals surface area contributed by atoms with Crippen molar-refractivity contribution in [1.82, 2.24) is 9.44 Å². The topological polar surface area (TPSA) is 163 Å². The van der Waals surface area contributed by atoms with E-state index >= 15 is 0 Å². The standard InChI is InChI=1S/C17H32N2O10S2/c1-7-14(20)27-9-8-18-15(21)17(5,6)28-12-10-26-11-13-29-31(24,25)19-30(22,23)16(2,3)4/h7,19H,1,8-13H2,2-6H3,(H,18,21). The van der Waals surface area contributed by atoms with Crippen LogP contribution in [0.25, 0.3) is 0 Å². The minimum Gasteiger partial charge on any atom is -0.461 e. The molecule has 0 aromatic heterocycles. The third-order valence-electron chi connectivity index (χ3n) is 3.52. The molecule has 0 atom stereocenters. The van der Waals surface area contributed by atoms with Gasteiger partial charge in [-0.1, -0.05) is 10.7 Å². The number of esters is 1. The van der Waals surface area contributed by atoms with E-state index in [4.69, 9.17) is 14.2 Å². The van der Waals surface area contributed by atoms with Crippen LogP contribution in [-0.2, 0) is 48.3 Å². The molecule has 31 heavy (non-hydrogen) atoms. The summed E-state index contributed by atoms with van der Waals surface area (Å²) in [6.07, 6.45) is 1.01. The number of sulfonamides is 1. The van der Waals surface area contributed by atoms with Crippen molar-refractivity contribution in [3.8, 4) is 0 Å². The van der Waals surface area contributed by atoms with Crippen molar-refractivity contribution in [2.75, 3.05) is 39.6 Å². The Labute approximate surface area is 183 Å². The van der Waals surface area contributed by atoms with Gasteiger partial charge in [0.1, 0.15) is 12.2 Å². The van der Waals surface area contributed by atoms with Crippen molar-refractivity contribution < 1.29 is 44.8 Å². The molecular weight excluding hydrogens is 456 g/mol. The fourth-order valence-corrected chi connectivity index (χ4v) is 4.15. The third-order valence-corrected chi connectivity index (χ3v) is 7.30. The maximum atomic E-state index is 12.1. The molecule has 0 saturated carbocycles. The number of ether oxygens (including phenoxy) is 3. The number of hydrogen-bond donors (Lipinski definition) is 2. The van der Waals surface area contributed by atoms with E-state index in [-0.39, 0.29) is 33.0 Å². The lowest BCUT2D eigenvalue weighted by Gasteiger charge is -2.24. The Morgan fingerprint density at radius 2 is 1.52 bits per heavy atom. The zero-order chi connectivity index (χ0) is 24.3. The number of carbonyl (C=O) groups excluding carboxylic acids is 2. The molecule has 0 aromatic rings. The minimum absolute atomic E-state index is 0.00932. The quantitative estimate of drug-likeness (QED) is 0.176. The molecule has 0 aliphatic heterocycles. The molecule has 0 aromatic carbocycles. The first-order chi connectivity index (χ1) is 14.0. The van der Waals surface area contributed by atoms with Crippen LogP contribution in [0, 0.1) is 0 Å². The summed E-state index contributed by atoms with van der Waals surface area (Å²) in [5.74, 6) is -1.02. The van der Waals surface area contributed by atoms with E-state index in [1.165, 1.54) is 38.7 Å². The molecule has 14 heteroatoms. The van der Waals surface area contributed by atoms with E-state index in [2.05, 4.69) is 16.1 Å². The first kappa shape index (κ1) is 29.4. The lowest BCUT2D eigenvalue weighted by Crippen LogP contribution is -2.45. The average molecular weight is 489 g/mol. The molecule has 0 fully saturated rings. The summed E-state index contributed by atoms with van der Waals surface area (Å²) in [7, 11) is -8.64. The second-order valence-electron chi connectivity index (χ2n) is 7.57. The molecule has 0 saturated heterocycles. The van der Waals surface area contributed by atoms with Crippen molar-refractivity contribution >= 4 is 32.2 Å². The highest BCUT2D eigenvalue weighted by atomic mass is 32.3. The highest BCUT2D eigenvalue weighted by Gasteiger charge is 2.33. The Morgan fingerprint density at radius 3 is 2.06 bits per heavy atom. The molecule has 0 heterocycles. The van der Waals surface area contributed by atoms with E-state index in [1.54, 1.807) is 0 Å². The maximum absolute atomic E-state index is 12.1. The first-order valence-electron chi connectivity index (χ1n) is 9.26. The largest absolute Gasteiger partial charge is 0.461 e. The zero-order valence-corrected chi connectivity index (χ0v) is 20.1. The van der Waals surface area contributed by atoms with Gasteiger partial charge in [0, 0.05) is 6.08 Å². The Balaban J connectivity index is 4.11. The molecule has 1 amide bonds. The highest BCUT2D eigenvalue weighted by Crippen LogP contribution is 2.14. The molecule has 12 nitrogen and oxygen atoms in total. The molecule has 0 aliphatic carbocycles. The van der Waals surface area contributed by atoms with E-state index in [9.17, 15) is 26.4 Å². The number of rotatable bonds is 15. The van der Waals surface area contributed by atoms with Crippen molar-refractivity contribution in [2.45, 2.75) is 45.0 Å². The average Bonchev–Trinajstić information content (AvgIpc) is 2.61. The number of hydrogen-bond acceptors (Lipinski definition) is 10. The van der Waals surface area contributed by atoms with Gasteiger partial charge in [0.15, 0.2) is 0 Å². The third kappa shape index (κ3) is 12.1. The van der Waals surface area contributed by atoms with Gasteiger partial charge in [0.25, 0.3) is 5.91 Å². The van der Waals surface area contributed by atoms with Crippen LogP contribution in [-0.4, -0.2) is 78.6 Å². The summed E-state index contributed by atoms with van der Waals surface area (Å²) >= 11 is 0. The molecule has 0 aliphatic rings. The lowest BCUT2D eigenvalue weighted by atomic mass is 10.1. The van der Waals surface area contributed by atoms with E-state index in [0.29, 0.717) is 0 Å². The van der Waals surface area contributed by atoms with Crippen LogP contribution in [0.3, 0.4) is 0 Å². The fraction of sp³-hybridized carbons (Fsp3) is 0.765. The molecule has 182 valence electrons. The van der Waals surface area contributed by atoms with Gasteiger partial charge < -0.3 is 19.5 Å². The number of amides is 1. The minimum atomic E-state index is -4.51. The van der Waals surface area contributed by atoms with Crippen LogP contribution < -0.4 is 9.44 Å². The number of carbonyl (C=O) groups is 2. The number of nitrogens with one attached hydrogen (secondary N) is 2. The van der Waals surface area contributed by atoms with Crippen LogP contribution in [0.4, 0.5) is 0 Å². The van der Waals surface area contributed by atoms with E-state index in [1.807, 2.05) is 0 Å². The lowest BCUT2D eigenvalue weighted by molar-refractivity contribution is -0.146. The zero-order valence-electron chi connectivity index (χ0n) is 18.4. The van der Waals surface area contributed by atoms with Crippen molar-refractivity contribution in [3.63, 3.8) is 0 Å². The molecule has 0 bridgehead atoms. The van der Waals surface area contributed by atoms with Crippen LogP contribution >= 0.6 is 0 Å². The first-order valence-corrected chi connectivity index (χ1v) is 12.1. The smallest absolute Gasteiger partial charge is 0.349 e. The highest BCUT2D eigenvalue weighted by molar-refractivity contribution is 8.03. The molecular formula is C17H32N2O10S2. The van der Waals surface area contributed by atoms with Crippen LogP contribution in [0.1, 0.15) is 34.6 Å². The summed E-state index contributed by atoms with van der Waals surface area (Å²) in [4.78, 5) is 23.0. The van der Waals surface area contributed by atoms with E-state index in [0.717, 1.165) is 6.08 Å². The van der Waals surface area contributed by atoms with Gasteiger partial charge in [0.05, 0.1) is 37.7 Å². The predicted octanol–water partition coefficient (Wildman–Crippen LogP) is -0.377. The SMILES string of the molecule is C=CC(=O)OCCNC(=O)C(C)(C)OCCOCCOS(=O)(=O)NS(=O)(=O)C(C)(C)C. The van der Waals surface area contributed by atoms with Crippen LogP contribution in [0.15, 0.2) is 12.7 Å². The van der Waals surface area contributed by atoms with Gasteiger partial charge in [-0.05, 0) is 34.6 Å². The maximum Gasteiger partial charge on any atom is 0.349 e. The Bertz CT molecular complexity index is 814. The van der Waals surface area contributed by atoms with Crippen molar-refractivity contribution in [3.05, 3.63) is 12.7 Å². The predicted molar refractivity (Wildman–Crippen MR) is 112 cm³/mol. The summed E-state index contributed by atoms with van der Waals surface area (Å²) < 4.78 is 67.1. The molecule has 2 N–H and O–H groups in total. The van der Waals surface area contributed by atoms with Gasteiger partial charge in [0.2, 0.25) is 10.0 Å². The summed E-state index contributed by atoms with van der Waals surface area (Å²) in [6.45, 7) is 9.93. The second-order valence-corrected chi connectivity index (χ2v) is 11.6. The van der Waals surface area contributed by atoms with Crippen LogP contribution in [0.2, 0.25) is 0 Å². The van der Waals surface area contributed by atoms with E-state index < -0.39 is 49.2 Å². The van der Waals surface area contributed by atoms with Gasteiger partial charge >= 0.3 is 16.3 Å². The Hall–Kier alpha value is -1.58. The molecule has 0 spiro atoms. The summed E-state index contributed by atoms with van der Waals surface area (Å²) in [5.41, 5.74) is -1.18. The fourth-order valence-electron chi connectivity index (χ4n) is 1.60. The van der Waals surface area contributed by atoms with Gasteiger partial charge in [-0.15, -0.1) is 0 Å². The Morgan fingerprint density at radius 1 is 0.935 bits per heavy atom. The molecule has 0 unspecified atom stereocenters. The molecule has 0 radical (unpaired) electrons. The van der Waals surface area contributed by atoms with Crippen LogP contribution in [0.5, 0.6) is 0 Å². The summed E-state index contributed by atoms with van der Waals surface area (Å²) in [6, 6.07) is 0. The van der Waals surface area contributed by atoms with Crippen molar-refractivity contribution in [1.29, 1.82) is 0 Å². The van der Waals surface area contributed by atoms with Gasteiger partial charge in [-0.25, -0.2) is 13.2 Å². The second kappa shape index (κ2) is 12.5. The monoisotopic (exact) mass is 488 g/mol. The van der Waals surface area contributed by atoms with Crippen molar-refractivity contribution in [2.24, 2.45) is 0 Å². The Kier molecular flexibility index (Phi) is 11.8.